The van der Waals surface area contributed by atoms with Crippen molar-refractivity contribution in [3.63, 3.8) is 0 Å². The standard InChI is InChI=1S/C12H14N2O2/c1-14-11(15)8-7-10(13-12(14)16)9-5-3-2-4-6-9/h2-6,10H,7-8H2,1H3,(H,13,16). The van der Waals surface area contributed by atoms with Crippen LogP contribution in [0.4, 0.5) is 4.79 Å². The van der Waals surface area contributed by atoms with E-state index in [-0.39, 0.29) is 18.0 Å². The number of rotatable bonds is 1. The van der Waals surface area contributed by atoms with E-state index >= 15 is 0 Å². The molecule has 1 aliphatic rings. The van der Waals surface area contributed by atoms with Crippen LogP contribution < -0.4 is 5.32 Å². The second-order valence-corrected chi connectivity index (χ2v) is 3.90. The molecule has 1 unspecified atom stereocenters. The Morgan fingerprint density at radius 3 is 2.62 bits per heavy atom. The highest BCUT2D eigenvalue weighted by Crippen LogP contribution is 2.21. The Labute approximate surface area is 94.2 Å². The fourth-order valence-corrected chi connectivity index (χ4v) is 1.80. The molecule has 3 amide bonds. The van der Waals surface area contributed by atoms with Crippen LogP contribution in [0.25, 0.3) is 0 Å². The maximum atomic E-state index is 11.6. The van der Waals surface area contributed by atoms with E-state index in [9.17, 15) is 9.59 Å². The molecule has 1 N–H and O–H groups in total. The summed E-state index contributed by atoms with van der Waals surface area (Å²) < 4.78 is 0. The molecule has 16 heavy (non-hydrogen) atoms. The molecule has 1 heterocycles. The van der Waals surface area contributed by atoms with Crippen LogP contribution >= 0.6 is 0 Å². The van der Waals surface area contributed by atoms with Gasteiger partial charge in [-0.15, -0.1) is 0 Å². The largest absolute Gasteiger partial charge is 0.331 e. The van der Waals surface area contributed by atoms with Crippen LogP contribution in [0.5, 0.6) is 0 Å². The van der Waals surface area contributed by atoms with Gasteiger partial charge in [-0.1, -0.05) is 30.3 Å². The first-order valence-corrected chi connectivity index (χ1v) is 5.30. The molecule has 1 aliphatic heterocycles. The van der Waals surface area contributed by atoms with Crippen LogP contribution in [-0.2, 0) is 4.79 Å². The monoisotopic (exact) mass is 218 g/mol. The Morgan fingerprint density at radius 2 is 1.94 bits per heavy atom. The van der Waals surface area contributed by atoms with Crippen molar-refractivity contribution in [2.45, 2.75) is 18.9 Å². The Morgan fingerprint density at radius 1 is 1.25 bits per heavy atom. The molecule has 0 aromatic heterocycles. The number of imide groups is 1. The van der Waals surface area contributed by atoms with Crippen LogP contribution in [0.2, 0.25) is 0 Å². The van der Waals surface area contributed by atoms with Crippen LogP contribution in [0, 0.1) is 0 Å². The summed E-state index contributed by atoms with van der Waals surface area (Å²) in [6.07, 6.45) is 1.05. The van der Waals surface area contributed by atoms with Crippen LogP contribution in [0.1, 0.15) is 24.4 Å². The van der Waals surface area contributed by atoms with Gasteiger partial charge in [-0.05, 0) is 12.0 Å². The van der Waals surface area contributed by atoms with E-state index in [4.69, 9.17) is 0 Å². The molecule has 4 heteroatoms. The Kier molecular flexibility index (Phi) is 2.90. The van der Waals surface area contributed by atoms with Crippen molar-refractivity contribution >= 4 is 11.9 Å². The topological polar surface area (TPSA) is 49.4 Å². The maximum absolute atomic E-state index is 11.6. The van der Waals surface area contributed by atoms with Gasteiger partial charge in [-0.25, -0.2) is 4.79 Å². The van der Waals surface area contributed by atoms with Gasteiger partial charge in [-0.3, -0.25) is 9.69 Å². The van der Waals surface area contributed by atoms with Crippen LogP contribution in [0.15, 0.2) is 30.3 Å². The molecule has 0 spiro atoms. The third-order valence-corrected chi connectivity index (χ3v) is 2.83. The SMILES string of the molecule is CN1C(=O)CCC(c2ccccc2)NC1=O. The number of benzene rings is 1. The van der Waals surface area contributed by atoms with Gasteiger partial charge in [0.25, 0.3) is 0 Å². The normalized spacial score (nSPS) is 21.6. The number of nitrogens with one attached hydrogen (secondary N) is 1. The predicted molar refractivity (Wildman–Crippen MR) is 59.7 cm³/mol. The molecule has 1 saturated heterocycles. The number of hydrogen-bond acceptors (Lipinski definition) is 2. The van der Waals surface area contributed by atoms with Gasteiger partial charge in [0.2, 0.25) is 5.91 Å². The molecule has 0 radical (unpaired) electrons. The maximum Gasteiger partial charge on any atom is 0.324 e. The van der Waals surface area contributed by atoms with Gasteiger partial charge in [0.05, 0.1) is 6.04 Å². The van der Waals surface area contributed by atoms with E-state index < -0.39 is 0 Å². The van der Waals surface area contributed by atoms with E-state index in [1.807, 2.05) is 30.3 Å². The summed E-state index contributed by atoms with van der Waals surface area (Å²) >= 11 is 0. The number of hydrogen-bond donors (Lipinski definition) is 1. The van der Waals surface area contributed by atoms with Gasteiger partial charge in [0.15, 0.2) is 0 Å². The second-order valence-electron chi connectivity index (χ2n) is 3.90. The first-order valence-electron chi connectivity index (χ1n) is 5.30. The van der Waals surface area contributed by atoms with Crippen molar-refractivity contribution < 1.29 is 9.59 Å². The minimum atomic E-state index is -0.323. The average molecular weight is 218 g/mol. The molecule has 0 bridgehead atoms. The number of nitrogens with zero attached hydrogens (tertiary/aromatic N) is 1. The van der Waals surface area contributed by atoms with Gasteiger partial charge in [0, 0.05) is 13.5 Å². The Balaban J connectivity index is 2.19. The van der Waals surface area contributed by atoms with Gasteiger partial charge < -0.3 is 5.32 Å². The summed E-state index contributed by atoms with van der Waals surface area (Å²) in [5, 5.41) is 2.84. The molecule has 1 atom stereocenters. The Bertz CT molecular complexity index is 403. The van der Waals surface area contributed by atoms with Crippen molar-refractivity contribution in [1.29, 1.82) is 0 Å². The molecule has 1 aromatic carbocycles. The van der Waals surface area contributed by atoms with Gasteiger partial charge in [0.1, 0.15) is 0 Å². The van der Waals surface area contributed by atoms with Gasteiger partial charge in [-0.2, -0.15) is 0 Å². The van der Waals surface area contributed by atoms with Crippen molar-refractivity contribution in [2.24, 2.45) is 0 Å². The van der Waals surface area contributed by atoms with E-state index in [0.717, 1.165) is 10.5 Å². The summed E-state index contributed by atoms with van der Waals surface area (Å²) in [5.41, 5.74) is 1.04. The second kappa shape index (κ2) is 4.35. The van der Waals surface area contributed by atoms with Crippen LogP contribution in [-0.4, -0.2) is 23.9 Å². The van der Waals surface area contributed by atoms with E-state index in [1.165, 1.54) is 7.05 Å². The van der Waals surface area contributed by atoms with E-state index in [0.29, 0.717) is 12.8 Å². The minimum absolute atomic E-state index is 0.0670. The molecule has 1 fully saturated rings. The first-order chi connectivity index (χ1) is 7.68. The lowest BCUT2D eigenvalue weighted by Gasteiger charge is -2.16. The molecule has 2 rings (SSSR count). The summed E-state index contributed by atoms with van der Waals surface area (Å²) in [6, 6.07) is 9.32. The highest BCUT2D eigenvalue weighted by Gasteiger charge is 2.26. The van der Waals surface area contributed by atoms with Crippen molar-refractivity contribution in [3.8, 4) is 0 Å². The third-order valence-electron chi connectivity index (χ3n) is 2.83. The Hall–Kier alpha value is -1.84. The summed E-state index contributed by atoms with van der Waals surface area (Å²) in [4.78, 5) is 24.2. The molecular weight excluding hydrogens is 204 g/mol. The highest BCUT2D eigenvalue weighted by atomic mass is 16.2. The number of carbonyl (C=O) groups excluding carboxylic acids is 2. The zero-order valence-electron chi connectivity index (χ0n) is 9.14. The number of urea groups is 1. The summed E-state index contributed by atoms with van der Waals surface area (Å²) in [5.74, 6) is -0.129. The molecular formula is C12H14N2O2. The number of amides is 3. The van der Waals surface area contributed by atoms with Crippen molar-refractivity contribution in [1.82, 2.24) is 10.2 Å². The van der Waals surface area contributed by atoms with Crippen molar-refractivity contribution in [3.05, 3.63) is 35.9 Å². The predicted octanol–water partition coefficient (Wildman–Crippen LogP) is 1.69. The molecule has 0 aliphatic carbocycles. The lowest BCUT2D eigenvalue weighted by Crippen LogP contribution is -2.39. The van der Waals surface area contributed by atoms with Crippen molar-refractivity contribution in [2.75, 3.05) is 7.05 Å². The minimum Gasteiger partial charge on any atom is -0.331 e. The fraction of sp³-hybridized carbons (Fsp3) is 0.333. The first kappa shape index (κ1) is 10.7. The smallest absolute Gasteiger partial charge is 0.324 e. The summed E-state index contributed by atoms with van der Waals surface area (Å²) in [6.45, 7) is 0. The molecule has 4 nitrogen and oxygen atoms in total. The lowest BCUT2D eigenvalue weighted by atomic mass is 10.0. The summed E-state index contributed by atoms with van der Waals surface area (Å²) in [7, 11) is 1.50. The van der Waals surface area contributed by atoms with E-state index in [2.05, 4.69) is 5.32 Å². The quantitative estimate of drug-likeness (QED) is 0.779. The zero-order chi connectivity index (χ0) is 11.5. The van der Waals surface area contributed by atoms with Crippen LogP contribution in [0.3, 0.4) is 0 Å². The van der Waals surface area contributed by atoms with E-state index in [1.54, 1.807) is 0 Å². The zero-order valence-corrected chi connectivity index (χ0v) is 9.14. The fourth-order valence-electron chi connectivity index (χ4n) is 1.80. The van der Waals surface area contributed by atoms with Gasteiger partial charge >= 0.3 is 6.03 Å². The highest BCUT2D eigenvalue weighted by molar-refractivity contribution is 5.95. The molecule has 84 valence electrons. The lowest BCUT2D eigenvalue weighted by molar-refractivity contribution is -0.126. The number of carbonyl (C=O) groups is 2. The average Bonchev–Trinajstić information content (AvgIpc) is 2.44. The third kappa shape index (κ3) is 2.05. The molecule has 1 aromatic rings. The molecule has 0 saturated carbocycles.